The lowest BCUT2D eigenvalue weighted by atomic mass is 9.89. The van der Waals surface area contributed by atoms with Gasteiger partial charge in [0.05, 0.1) is 0 Å². The number of nitrogens with zero attached hydrogens (tertiary/aromatic N) is 4. The van der Waals surface area contributed by atoms with E-state index in [1.54, 1.807) is 0 Å². The second-order valence-corrected chi connectivity index (χ2v) is 5.85. The molecule has 120 valence electrons. The Hall–Kier alpha value is -2.21. The van der Waals surface area contributed by atoms with E-state index in [2.05, 4.69) is 56.3 Å². The number of rotatable bonds is 6. The molecule has 0 saturated heterocycles. The first-order chi connectivity index (χ1) is 11.2. The first kappa shape index (κ1) is 15.7. The molecule has 6 nitrogen and oxygen atoms in total. The molecule has 2 heterocycles. The van der Waals surface area contributed by atoms with Crippen molar-refractivity contribution in [2.24, 2.45) is 0 Å². The van der Waals surface area contributed by atoms with E-state index in [1.807, 2.05) is 6.07 Å². The van der Waals surface area contributed by atoms with Crippen LogP contribution in [-0.4, -0.2) is 30.4 Å². The van der Waals surface area contributed by atoms with Crippen LogP contribution in [0.25, 0.3) is 0 Å². The minimum atomic E-state index is 0.0946. The number of benzene rings is 1. The fourth-order valence-corrected chi connectivity index (χ4v) is 3.21. The monoisotopic (exact) mass is 330 g/mol. The molecule has 0 spiro atoms. The molecule has 0 aliphatic rings. The summed E-state index contributed by atoms with van der Waals surface area (Å²) in [6.07, 6.45) is 4.88. The van der Waals surface area contributed by atoms with Crippen LogP contribution in [0.5, 0.6) is 0 Å². The van der Waals surface area contributed by atoms with Crippen LogP contribution in [0.4, 0.5) is 0 Å². The van der Waals surface area contributed by atoms with Crippen LogP contribution < -0.4 is 0 Å². The fourth-order valence-electron chi connectivity index (χ4n) is 2.96. The molecule has 0 saturated carbocycles. The maximum atomic E-state index is 6.46. The average molecular weight is 331 g/mol. The average Bonchev–Trinajstić information content (AvgIpc) is 3.25. The van der Waals surface area contributed by atoms with Crippen molar-refractivity contribution in [2.45, 2.75) is 38.5 Å². The molecule has 0 amide bonds. The highest BCUT2D eigenvalue weighted by molar-refractivity contribution is 6.31. The zero-order valence-electron chi connectivity index (χ0n) is 13.1. The van der Waals surface area contributed by atoms with Crippen molar-refractivity contribution in [2.75, 3.05) is 0 Å². The Kier molecular flexibility index (Phi) is 4.71. The maximum absolute atomic E-state index is 6.46. The van der Waals surface area contributed by atoms with Gasteiger partial charge in [-0.05, 0) is 30.0 Å². The lowest BCUT2D eigenvalue weighted by molar-refractivity contribution is 0.702. The number of aromatic nitrogens is 6. The third-order valence-electron chi connectivity index (χ3n) is 4.14. The Balaban J connectivity index is 2.02. The van der Waals surface area contributed by atoms with Gasteiger partial charge in [0.1, 0.15) is 24.3 Å². The summed E-state index contributed by atoms with van der Waals surface area (Å²) in [6, 6.07) is 6.15. The molecule has 1 aromatic carbocycles. The lowest BCUT2D eigenvalue weighted by Crippen LogP contribution is -2.07. The minimum Gasteiger partial charge on any atom is -0.263 e. The van der Waals surface area contributed by atoms with Crippen LogP contribution in [-0.2, 0) is 0 Å². The van der Waals surface area contributed by atoms with Crippen molar-refractivity contribution in [3.05, 3.63) is 58.7 Å². The lowest BCUT2D eigenvalue weighted by Gasteiger charge is -2.18. The zero-order chi connectivity index (χ0) is 16.2. The van der Waals surface area contributed by atoms with Gasteiger partial charge in [-0.25, -0.2) is 9.97 Å². The van der Waals surface area contributed by atoms with Gasteiger partial charge >= 0.3 is 0 Å². The van der Waals surface area contributed by atoms with Gasteiger partial charge in [-0.15, -0.1) is 0 Å². The molecule has 3 rings (SSSR count). The summed E-state index contributed by atoms with van der Waals surface area (Å²) in [4.78, 5) is 8.60. The van der Waals surface area contributed by atoms with Gasteiger partial charge in [0, 0.05) is 16.9 Å². The highest BCUT2D eigenvalue weighted by Crippen LogP contribution is 2.35. The predicted octanol–water partition coefficient (Wildman–Crippen LogP) is 3.66. The van der Waals surface area contributed by atoms with Crippen molar-refractivity contribution >= 4 is 11.6 Å². The Labute approximate surface area is 139 Å². The van der Waals surface area contributed by atoms with Gasteiger partial charge in [0.25, 0.3) is 0 Å². The standard InChI is InChI=1S/C16H19ClN6/c1-3-11(15-18-8-20-22-15)10-5-6-14(17)13(7-10)12(4-2)16-19-9-21-23-16/h5-9,11-12H,3-4H2,1-2H3,(H,18,20,22)(H,19,21,23). The van der Waals surface area contributed by atoms with Crippen molar-refractivity contribution in [1.82, 2.24) is 30.4 Å². The molecule has 0 aliphatic carbocycles. The molecule has 0 radical (unpaired) electrons. The molecule has 2 atom stereocenters. The highest BCUT2D eigenvalue weighted by Gasteiger charge is 2.21. The summed E-state index contributed by atoms with van der Waals surface area (Å²) in [5.74, 6) is 1.96. The van der Waals surface area contributed by atoms with Crippen molar-refractivity contribution in [3.63, 3.8) is 0 Å². The number of H-pyrrole nitrogens is 2. The van der Waals surface area contributed by atoms with Gasteiger partial charge in [0.15, 0.2) is 0 Å². The maximum Gasteiger partial charge on any atom is 0.137 e. The minimum absolute atomic E-state index is 0.0946. The summed E-state index contributed by atoms with van der Waals surface area (Å²) in [7, 11) is 0. The van der Waals surface area contributed by atoms with Crippen LogP contribution in [0.2, 0.25) is 5.02 Å². The molecule has 3 aromatic rings. The van der Waals surface area contributed by atoms with Crippen LogP contribution in [0.3, 0.4) is 0 Å². The first-order valence-electron chi connectivity index (χ1n) is 7.74. The fraction of sp³-hybridized carbons (Fsp3) is 0.375. The number of aromatic amines is 2. The molecule has 0 aliphatic heterocycles. The van der Waals surface area contributed by atoms with Crippen molar-refractivity contribution < 1.29 is 0 Å². The molecule has 2 N–H and O–H groups in total. The third kappa shape index (κ3) is 3.12. The van der Waals surface area contributed by atoms with E-state index in [4.69, 9.17) is 11.6 Å². The second kappa shape index (κ2) is 6.91. The van der Waals surface area contributed by atoms with E-state index in [1.165, 1.54) is 18.2 Å². The predicted molar refractivity (Wildman–Crippen MR) is 88.5 cm³/mol. The van der Waals surface area contributed by atoms with Crippen LogP contribution >= 0.6 is 11.6 Å². The summed E-state index contributed by atoms with van der Waals surface area (Å²) in [6.45, 7) is 4.25. The van der Waals surface area contributed by atoms with Crippen LogP contribution in [0.15, 0.2) is 30.9 Å². The summed E-state index contributed by atoms with van der Waals surface area (Å²) in [5.41, 5.74) is 2.22. The Morgan fingerprint density at radius 1 is 0.957 bits per heavy atom. The van der Waals surface area contributed by atoms with E-state index >= 15 is 0 Å². The van der Waals surface area contributed by atoms with Crippen molar-refractivity contribution in [3.8, 4) is 0 Å². The van der Waals surface area contributed by atoms with E-state index in [0.717, 1.165) is 35.1 Å². The van der Waals surface area contributed by atoms with Crippen LogP contribution in [0.1, 0.15) is 61.3 Å². The quantitative estimate of drug-likeness (QED) is 0.722. The SMILES string of the molecule is CCC(c1ccc(Cl)c(C(CC)c2ncn[nH]2)c1)c1ncn[nH]1. The van der Waals surface area contributed by atoms with Crippen LogP contribution in [0, 0.1) is 0 Å². The summed E-state index contributed by atoms with van der Waals surface area (Å²) < 4.78 is 0. The van der Waals surface area contributed by atoms with Gasteiger partial charge in [0.2, 0.25) is 0 Å². The van der Waals surface area contributed by atoms with E-state index in [9.17, 15) is 0 Å². The molecular weight excluding hydrogens is 312 g/mol. The third-order valence-corrected chi connectivity index (χ3v) is 4.49. The Morgan fingerprint density at radius 3 is 2.09 bits per heavy atom. The largest absolute Gasteiger partial charge is 0.263 e. The zero-order valence-corrected chi connectivity index (χ0v) is 13.9. The first-order valence-corrected chi connectivity index (χ1v) is 8.12. The number of hydrogen-bond acceptors (Lipinski definition) is 4. The molecule has 7 heteroatoms. The normalized spacial score (nSPS) is 13.9. The van der Waals surface area contributed by atoms with Gasteiger partial charge < -0.3 is 0 Å². The topological polar surface area (TPSA) is 83.1 Å². The molecule has 2 unspecified atom stereocenters. The van der Waals surface area contributed by atoms with E-state index < -0.39 is 0 Å². The van der Waals surface area contributed by atoms with E-state index in [0.29, 0.717) is 0 Å². The van der Waals surface area contributed by atoms with Gasteiger partial charge in [-0.1, -0.05) is 37.6 Å². The highest BCUT2D eigenvalue weighted by atomic mass is 35.5. The number of halogens is 1. The van der Waals surface area contributed by atoms with Gasteiger partial charge in [-0.2, -0.15) is 10.2 Å². The molecule has 2 aromatic heterocycles. The van der Waals surface area contributed by atoms with Crippen molar-refractivity contribution in [1.29, 1.82) is 0 Å². The smallest absolute Gasteiger partial charge is 0.137 e. The summed E-state index contributed by atoms with van der Waals surface area (Å²) >= 11 is 6.46. The molecule has 23 heavy (non-hydrogen) atoms. The Morgan fingerprint density at radius 2 is 1.57 bits per heavy atom. The number of hydrogen-bond donors (Lipinski definition) is 2. The molecule has 0 bridgehead atoms. The Bertz CT molecular complexity index is 738. The molecule has 0 fully saturated rings. The molecular formula is C16H19ClN6. The number of nitrogens with one attached hydrogen (secondary N) is 2. The van der Waals surface area contributed by atoms with Gasteiger partial charge in [-0.3, -0.25) is 10.2 Å². The second-order valence-electron chi connectivity index (χ2n) is 5.44. The summed E-state index contributed by atoms with van der Waals surface area (Å²) in [5, 5.41) is 14.6. The van der Waals surface area contributed by atoms with E-state index in [-0.39, 0.29) is 11.8 Å².